The van der Waals surface area contributed by atoms with Crippen LogP contribution in [0.3, 0.4) is 0 Å². The van der Waals surface area contributed by atoms with E-state index in [2.05, 4.69) is 24.5 Å². The van der Waals surface area contributed by atoms with Gasteiger partial charge in [-0.3, -0.25) is 4.79 Å². The lowest BCUT2D eigenvalue weighted by Crippen LogP contribution is -2.52. The summed E-state index contributed by atoms with van der Waals surface area (Å²) in [7, 11) is 0. The van der Waals surface area contributed by atoms with Gasteiger partial charge in [-0.1, -0.05) is 13.8 Å². The molecule has 23 heavy (non-hydrogen) atoms. The van der Waals surface area contributed by atoms with E-state index in [1.807, 2.05) is 0 Å². The average Bonchev–Trinajstić information content (AvgIpc) is 2.52. The maximum Gasteiger partial charge on any atom is 0.251 e. The van der Waals surface area contributed by atoms with Crippen molar-refractivity contribution in [3.05, 3.63) is 23.8 Å². The molecule has 2 heterocycles. The number of carbonyl (C=O) groups is 1. The Hall–Kier alpha value is -1.46. The Morgan fingerprint density at radius 2 is 2.04 bits per heavy atom. The molecule has 128 valence electrons. The lowest BCUT2D eigenvalue weighted by atomic mass is 9.77. The number of fused-ring (bicyclic) bond motifs is 1. The molecule has 1 saturated heterocycles. The second-order valence-electron chi connectivity index (χ2n) is 6.67. The van der Waals surface area contributed by atoms with Crippen molar-refractivity contribution in [3.8, 4) is 11.5 Å². The second-order valence-corrected chi connectivity index (χ2v) is 6.67. The third-order valence-electron chi connectivity index (χ3n) is 4.60. The number of rotatable bonds is 3. The monoisotopic (exact) mass is 340 g/mol. The van der Waals surface area contributed by atoms with Crippen LogP contribution in [0.2, 0.25) is 0 Å². The van der Waals surface area contributed by atoms with E-state index < -0.39 is 0 Å². The summed E-state index contributed by atoms with van der Waals surface area (Å²) in [6.07, 6.45) is 2.38. The van der Waals surface area contributed by atoms with Crippen molar-refractivity contribution in [1.29, 1.82) is 0 Å². The smallest absolute Gasteiger partial charge is 0.251 e. The normalized spacial score (nSPS) is 21.9. The molecule has 0 spiro atoms. The van der Waals surface area contributed by atoms with E-state index in [1.165, 1.54) is 12.8 Å². The molecular weight excluding hydrogens is 316 g/mol. The Labute approximate surface area is 143 Å². The molecule has 1 fully saturated rings. The first kappa shape index (κ1) is 17.9. The zero-order valence-corrected chi connectivity index (χ0v) is 14.5. The van der Waals surface area contributed by atoms with E-state index in [0.29, 0.717) is 42.9 Å². The van der Waals surface area contributed by atoms with E-state index >= 15 is 0 Å². The van der Waals surface area contributed by atoms with Crippen LogP contribution < -0.4 is 20.1 Å². The van der Waals surface area contributed by atoms with E-state index in [0.717, 1.165) is 6.54 Å². The number of ether oxygens (including phenoxy) is 2. The molecule has 0 radical (unpaired) electrons. The minimum atomic E-state index is -0.0693. The Kier molecular flexibility index (Phi) is 5.76. The van der Waals surface area contributed by atoms with Crippen LogP contribution in [0, 0.1) is 5.41 Å². The molecule has 1 unspecified atom stereocenters. The van der Waals surface area contributed by atoms with Crippen molar-refractivity contribution < 1.29 is 14.3 Å². The molecule has 6 heteroatoms. The van der Waals surface area contributed by atoms with Gasteiger partial charge in [-0.05, 0) is 43.0 Å². The molecule has 2 aliphatic rings. The van der Waals surface area contributed by atoms with Crippen molar-refractivity contribution in [3.63, 3.8) is 0 Å². The molecule has 2 aliphatic heterocycles. The molecular formula is C17H25ClN2O3. The van der Waals surface area contributed by atoms with Crippen molar-refractivity contribution in [1.82, 2.24) is 10.6 Å². The summed E-state index contributed by atoms with van der Waals surface area (Å²) in [6.45, 7) is 7.24. The molecule has 3 rings (SSSR count). The fraction of sp³-hybridized carbons (Fsp3) is 0.588. The summed E-state index contributed by atoms with van der Waals surface area (Å²) in [5.41, 5.74) is 0.816. The van der Waals surface area contributed by atoms with Crippen molar-refractivity contribution >= 4 is 18.3 Å². The van der Waals surface area contributed by atoms with E-state index in [4.69, 9.17) is 9.47 Å². The number of piperidine rings is 1. The third kappa shape index (κ3) is 4.09. The summed E-state index contributed by atoms with van der Waals surface area (Å²) >= 11 is 0. The molecule has 5 nitrogen and oxygen atoms in total. The predicted molar refractivity (Wildman–Crippen MR) is 91.8 cm³/mol. The number of hydrogen-bond acceptors (Lipinski definition) is 4. The van der Waals surface area contributed by atoms with Crippen LogP contribution in [0.1, 0.15) is 37.0 Å². The largest absolute Gasteiger partial charge is 0.486 e. The van der Waals surface area contributed by atoms with E-state index in [9.17, 15) is 4.79 Å². The highest BCUT2D eigenvalue weighted by Crippen LogP contribution is 2.31. The highest BCUT2D eigenvalue weighted by atomic mass is 35.5. The van der Waals surface area contributed by atoms with Gasteiger partial charge in [-0.15, -0.1) is 12.4 Å². The van der Waals surface area contributed by atoms with Crippen LogP contribution in [-0.4, -0.2) is 38.3 Å². The van der Waals surface area contributed by atoms with Gasteiger partial charge in [0.05, 0.1) is 0 Å². The van der Waals surface area contributed by atoms with Crippen LogP contribution >= 0.6 is 12.4 Å². The van der Waals surface area contributed by atoms with E-state index in [-0.39, 0.29) is 23.7 Å². The van der Waals surface area contributed by atoms with Crippen LogP contribution in [0.25, 0.3) is 0 Å². The Morgan fingerprint density at radius 3 is 2.78 bits per heavy atom. The zero-order valence-electron chi connectivity index (χ0n) is 13.7. The highest BCUT2D eigenvalue weighted by molar-refractivity contribution is 5.94. The van der Waals surface area contributed by atoms with Crippen molar-refractivity contribution in [2.24, 2.45) is 5.41 Å². The van der Waals surface area contributed by atoms with Gasteiger partial charge in [-0.25, -0.2) is 0 Å². The quantitative estimate of drug-likeness (QED) is 0.887. The fourth-order valence-corrected chi connectivity index (χ4v) is 3.10. The first-order valence-electron chi connectivity index (χ1n) is 7.97. The topological polar surface area (TPSA) is 59.6 Å². The molecule has 1 aromatic rings. The molecule has 2 N–H and O–H groups in total. The summed E-state index contributed by atoms with van der Waals surface area (Å²) in [5.74, 6) is 1.29. The number of carbonyl (C=O) groups excluding carboxylic acids is 1. The SMILES string of the molecule is CC1(C)CCCNC1CNC(=O)c1ccc2c(c1)OCCO2.Cl. The Bertz CT molecular complexity index is 563. The number of benzene rings is 1. The fourth-order valence-electron chi connectivity index (χ4n) is 3.10. The third-order valence-corrected chi connectivity index (χ3v) is 4.60. The minimum absolute atomic E-state index is 0. The van der Waals surface area contributed by atoms with Gasteiger partial charge in [0.15, 0.2) is 11.5 Å². The first-order valence-corrected chi connectivity index (χ1v) is 7.97. The van der Waals surface area contributed by atoms with Gasteiger partial charge >= 0.3 is 0 Å². The van der Waals surface area contributed by atoms with Gasteiger partial charge in [-0.2, -0.15) is 0 Å². The highest BCUT2D eigenvalue weighted by Gasteiger charge is 2.32. The molecule has 0 saturated carbocycles. The number of nitrogens with one attached hydrogen (secondary N) is 2. The van der Waals surface area contributed by atoms with Crippen LogP contribution in [0.15, 0.2) is 18.2 Å². The van der Waals surface area contributed by atoms with Gasteiger partial charge < -0.3 is 20.1 Å². The molecule has 0 bridgehead atoms. The molecule has 1 atom stereocenters. The number of hydrogen-bond donors (Lipinski definition) is 2. The standard InChI is InChI=1S/C17H24N2O3.ClH/c1-17(2)6-3-7-18-15(17)11-19-16(20)12-4-5-13-14(10-12)22-9-8-21-13;/h4-5,10,15,18H,3,6-9,11H2,1-2H3,(H,19,20);1H. The van der Waals surface area contributed by atoms with Crippen molar-refractivity contribution in [2.75, 3.05) is 26.3 Å². The lowest BCUT2D eigenvalue weighted by Gasteiger charge is -2.39. The van der Waals surface area contributed by atoms with E-state index in [1.54, 1.807) is 18.2 Å². The van der Waals surface area contributed by atoms with Gasteiger partial charge in [0.25, 0.3) is 5.91 Å². The van der Waals surface area contributed by atoms with Gasteiger partial charge in [0, 0.05) is 18.2 Å². The van der Waals surface area contributed by atoms with Crippen LogP contribution in [-0.2, 0) is 0 Å². The number of amides is 1. The summed E-state index contributed by atoms with van der Waals surface area (Å²) in [5, 5.41) is 6.54. The maximum absolute atomic E-state index is 12.3. The van der Waals surface area contributed by atoms with Crippen molar-refractivity contribution in [2.45, 2.75) is 32.7 Å². The van der Waals surface area contributed by atoms with Gasteiger partial charge in [0.2, 0.25) is 0 Å². The Morgan fingerprint density at radius 1 is 1.30 bits per heavy atom. The minimum Gasteiger partial charge on any atom is -0.486 e. The Balaban J connectivity index is 0.00000192. The average molecular weight is 341 g/mol. The number of halogens is 1. The van der Waals surface area contributed by atoms with Crippen LogP contribution in [0.4, 0.5) is 0 Å². The lowest BCUT2D eigenvalue weighted by molar-refractivity contribution is 0.0927. The predicted octanol–water partition coefficient (Wildman–Crippen LogP) is 2.39. The van der Waals surface area contributed by atoms with Crippen LogP contribution in [0.5, 0.6) is 11.5 Å². The molecule has 1 aromatic carbocycles. The first-order chi connectivity index (χ1) is 10.6. The molecule has 0 aliphatic carbocycles. The summed E-state index contributed by atoms with van der Waals surface area (Å²) in [6, 6.07) is 5.64. The van der Waals surface area contributed by atoms with Gasteiger partial charge in [0.1, 0.15) is 13.2 Å². The molecule has 0 aromatic heterocycles. The summed E-state index contributed by atoms with van der Waals surface area (Å²) < 4.78 is 11.0. The zero-order chi connectivity index (χ0) is 15.6. The molecule has 1 amide bonds. The summed E-state index contributed by atoms with van der Waals surface area (Å²) in [4.78, 5) is 12.3. The maximum atomic E-state index is 12.3. The second kappa shape index (κ2) is 7.41.